The largest absolute Gasteiger partial charge is 0.321 e. The number of rotatable bonds is 0. The second kappa shape index (κ2) is 2.13. The Balaban J connectivity index is 2.51. The van der Waals surface area contributed by atoms with E-state index < -0.39 is 11.3 Å². The summed E-state index contributed by atoms with van der Waals surface area (Å²) >= 11 is 0. The van der Waals surface area contributed by atoms with Gasteiger partial charge in [-0.1, -0.05) is 0 Å². The third-order valence-corrected chi connectivity index (χ3v) is 3.60. The van der Waals surface area contributed by atoms with Crippen molar-refractivity contribution in [3.05, 3.63) is 0 Å². The van der Waals surface area contributed by atoms with Gasteiger partial charge in [-0.3, -0.25) is 0 Å². The van der Waals surface area contributed by atoms with E-state index in [-0.39, 0.29) is 12.1 Å². The van der Waals surface area contributed by atoms with E-state index in [4.69, 9.17) is 0 Å². The van der Waals surface area contributed by atoms with Crippen molar-refractivity contribution in [2.24, 2.45) is 0 Å². The van der Waals surface area contributed by atoms with Crippen LogP contribution in [0.3, 0.4) is 0 Å². The number of amides is 4. The smallest absolute Gasteiger partial charge is 0.311 e. The van der Waals surface area contributed by atoms with E-state index >= 15 is 0 Å². The second-order valence-corrected chi connectivity index (χ2v) is 4.12. The Morgan fingerprint density at radius 1 is 0.929 bits per heavy atom. The van der Waals surface area contributed by atoms with Gasteiger partial charge in [0.25, 0.3) is 0 Å². The average Bonchev–Trinajstić information content (AvgIpc) is 2.37. The van der Waals surface area contributed by atoms with Crippen LogP contribution >= 0.6 is 0 Å². The van der Waals surface area contributed by atoms with Gasteiger partial charge in [0.2, 0.25) is 0 Å². The quantitative estimate of drug-likeness (QED) is 0.562. The van der Waals surface area contributed by atoms with E-state index in [0.717, 1.165) is 0 Å². The molecule has 2 N–H and O–H groups in total. The Bertz CT molecular complexity index is 299. The van der Waals surface area contributed by atoms with E-state index in [1.54, 1.807) is 14.1 Å². The topological polar surface area (TPSA) is 64.7 Å². The zero-order valence-corrected chi connectivity index (χ0v) is 8.71. The number of hydrogen-bond acceptors (Lipinski definition) is 2. The van der Waals surface area contributed by atoms with Gasteiger partial charge >= 0.3 is 12.1 Å². The zero-order valence-electron chi connectivity index (χ0n) is 8.71. The highest BCUT2D eigenvalue weighted by Crippen LogP contribution is 2.37. The van der Waals surface area contributed by atoms with Crippen molar-refractivity contribution in [2.75, 3.05) is 14.1 Å². The van der Waals surface area contributed by atoms with Gasteiger partial charge in [0.15, 0.2) is 11.3 Å². The molecule has 6 heteroatoms. The predicted octanol–water partition coefficient (Wildman–Crippen LogP) is -0.271. The van der Waals surface area contributed by atoms with Crippen molar-refractivity contribution in [1.82, 2.24) is 20.4 Å². The molecule has 14 heavy (non-hydrogen) atoms. The lowest BCUT2D eigenvalue weighted by Gasteiger charge is -2.37. The van der Waals surface area contributed by atoms with Crippen LogP contribution in [0, 0.1) is 0 Å². The summed E-state index contributed by atoms with van der Waals surface area (Å²) in [5.74, 6) is 0. The Morgan fingerprint density at radius 2 is 1.21 bits per heavy atom. The first-order valence-corrected chi connectivity index (χ1v) is 4.45. The molecule has 0 unspecified atom stereocenters. The van der Waals surface area contributed by atoms with Gasteiger partial charge in [-0.2, -0.15) is 0 Å². The fourth-order valence-corrected chi connectivity index (χ4v) is 2.05. The van der Waals surface area contributed by atoms with Crippen LogP contribution in [0.2, 0.25) is 0 Å². The fourth-order valence-electron chi connectivity index (χ4n) is 2.05. The number of nitrogens with one attached hydrogen (secondary N) is 2. The minimum atomic E-state index is -0.685. The van der Waals surface area contributed by atoms with Crippen LogP contribution in [0.5, 0.6) is 0 Å². The summed E-state index contributed by atoms with van der Waals surface area (Å²) in [4.78, 5) is 26.0. The molecule has 0 saturated carbocycles. The minimum absolute atomic E-state index is 0.179. The van der Waals surface area contributed by atoms with Crippen LogP contribution in [0.25, 0.3) is 0 Å². The SMILES string of the molecule is CN1C(=O)N[C@]2(C)N(C)C(=O)N[C@@]12C. The summed E-state index contributed by atoms with van der Waals surface area (Å²) in [6.45, 7) is 3.65. The second-order valence-electron chi connectivity index (χ2n) is 4.12. The third kappa shape index (κ3) is 0.681. The van der Waals surface area contributed by atoms with Crippen LogP contribution in [0.4, 0.5) is 9.59 Å². The lowest BCUT2D eigenvalue weighted by atomic mass is 9.99. The first kappa shape index (κ1) is 9.11. The third-order valence-electron chi connectivity index (χ3n) is 3.60. The van der Waals surface area contributed by atoms with Gasteiger partial charge in [0.1, 0.15) is 0 Å². The van der Waals surface area contributed by atoms with Crippen LogP contribution < -0.4 is 10.6 Å². The normalized spacial score (nSPS) is 41.1. The molecule has 0 radical (unpaired) electrons. The molecule has 78 valence electrons. The van der Waals surface area contributed by atoms with Crippen molar-refractivity contribution in [2.45, 2.75) is 25.2 Å². The maximum Gasteiger partial charge on any atom is 0.321 e. The van der Waals surface area contributed by atoms with Crippen molar-refractivity contribution < 1.29 is 9.59 Å². The lowest BCUT2D eigenvalue weighted by Crippen LogP contribution is -2.62. The lowest BCUT2D eigenvalue weighted by molar-refractivity contribution is 0.0859. The molecule has 2 fully saturated rings. The summed E-state index contributed by atoms with van der Waals surface area (Å²) in [6, 6.07) is -0.358. The first-order chi connectivity index (χ1) is 6.33. The summed E-state index contributed by atoms with van der Waals surface area (Å²) in [5.41, 5.74) is -1.37. The highest BCUT2D eigenvalue weighted by molar-refractivity contribution is 5.87. The van der Waals surface area contributed by atoms with Crippen LogP contribution in [-0.4, -0.2) is 47.3 Å². The highest BCUT2D eigenvalue weighted by atomic mass is 16.2. The van der Waals surface area contributed by atoms with Crippen molar-refractivity contribution in [3.63, 3.8) is 0 Å². The molecule has 2 saturated heterocycles. The summed E-state index contributed by atoms with van der Waals surface area (Å²) in [5, 5.41) is 5.58. The molecule has 0 aromatic carbocycles. The number of hydrogen-bond donors (Lipinski definition) is 2. The van der Waals surface area contributed by atoms with Gasteiger partial charge in [-0.15, -0.1) is 0 Å². The Hall–Kier alpha value is -1.46. The molecule has 2 rings (SSSR count). The molecular formula is C8H14N4O2. The summed E-state index contributed by atoms with van der Waals surface area (Å²) in [6.07, 6.45) is 0. The predicted molar refractivity (Wildman–Crippen MR) is 49.4 cm³/mol. The molecule has 2 heterocycles. The number of carbonyl (C=O) groups is 2. The van der Waals surface area contributed by atoms with Gasteiger partial charge in [-0.25, -0.2) is 9.59 Å². The van der Waals surface area contributed by atoms with Crippen molar-refractivity contribution in [1.29, 1.82) is 0 Å². The Labute approximate surface area is 82.2 Å². The maximum atomic E-state index is 11.5. The van der Waals surface area contributed by atoms with Gasteiger partial charge in [0, 0.05) is 14.1 Å². The minimum Gasteiger partial charge on any atom is -0.311 e. The van der Waals surface area contributed by atoms with Crippen LogP contribution in [0.1, 0.15) is 13.8 Å². The van der Waals surface area contributed by atoms with Crippen molar-refractivity contribution >= 4 is 12.1 Å². The van der Waals surface area contributed by atoms with Gasteiger partial charge in [0.05, 0.1) is 0 Å². The molecule has 0 aromatic rings. The van der Waals surface area contributed by atoms with Gasteiger partial charge in [-0.05, 0) is 13.8 Å². The number of fused-ring (bicyclic) bond motifs is 1. The number of urea groups is 2. The summed E-state index contributed by atoms with van der Waals surface area (Å²) < 4.78 is 0. The monoisotopic (exact) mass is 198 g/mol. The average molecular weight is 198 g/mol. The van der Waals surface area contributed by atoms with Crippen LogP contribution in [0.15, 0.2) is 0 Å². The number of likely N-dealkylation sites (N-methyl/N-ethyl adjacent to an activating group) is 2. The Morgan fingerprint density at radius 3 is 1.50 bits per heavy atom. The molecule has 2 atom stereocenters. The van der Waals surface area contributed by atoms with E-state index in [1.165, 1.54) is 9.80 Å². The maximum absolute atomic E-state index is 11.5. The Kier molecular flexibility index (Phi) is 1.39. The van der Waals surface area contributed by atoms with Crippen LogP contribution in [-0.2, 0) is 0 Å². The standard InChI is InChI=1S/C8H14N4O2/c1-7-8(2,10-6(14)11(7)3)12(4)5(13)9-7/h1-4H3,(H,9,13)(H,10,14)/t7-,8+. The molecule has 6 nitrogen and oxygen atoms in total. The van der Waals surface area contributed by atoms with E-state index in [0.29, 0.717) is 0 Å². The molecule has 0 aromatic heterocycles. The summed E-state index contributed by atoms with van der Waals surface area (Å²) in [7, 11) is 3.33. The van der Waals surface area contributed by atoms with E-state index in [2.05, 4.69) is 10.6 Å². The fraction of sp³-hybridized carbons (Fsp3) is 0.750. The van der Waals surface area contributed by atoms with E-state index in [9.17, 15) is 9.59 Å². The highest BCUT2D eigenvalue weighted by Gasteiger charge is 2.65. The molecule has 4 amide bonds. The van der Waals surface area contributed by atoms with Gasteiger partial charge < -0.3 is 20.4 Å². The zero-order chi connectivity index (χ0) is 10.7. The number of carbonyl (C=O) groups excluding carboxylic acids is 2. The first-order valence-electron chi connectivity index (χ1n) is 4.45. The molecule has 0 aliphatic carbocycles. The molecule has 2 aliphatic heterocycles. The molecular weight excluding hydrogens is 184 g/mol. The van der Waals surface area contributed by atoms with E-state index in [1.807, 2.05) is 13.8 Å². The molecule has 0 spiro atoms. The molecule has 2 aliphatic rings. The van der Waals surface area contributed by atoms with Crippen molar-refractivity contribution in [3.8, 4) is 0 Å². The number of nitrogens with zero attached hydrogens (tertiary/aromatic N) is 2. The molecule has 0 bridgehead atoms.